The maximum Gasteiger partial charge on any atom is 1.00 e. The number of pyridine rings is 1. The molecule has 2 aromatic heterocycles. The minimum Gasteiger partial charge on any atom is -0.543 e. The van der Waals surface area contributed by atoms with Crippen LogP contribution in [-0.2, 0) is 10.2 Å². The minimum absolute atomic E-state index is 0. The molecule has 8 nitrogen and oxygen atoms in total. The Morgan fingerprint density at radius 1 is 1.30 bits per heavy atom. The molecule has 0 aliphatic carbocycles. The van der Waals surface area contributed by atoms with Crippen molar-refractivity contribution in [1.29, 1.82) is 0 Å². The normalized spacial score (nSPS) is 10.8. The van der Waals surface area contributed by atoms with Crippen molar-refractivity contribution < 1.29 is 47.9 Å². The Labute approximate surface area is 135 Å². The molecule has 2 rings (SSSR count). The molecule has 0 fully saturated rings. The molecule has 2 aromatic rings. The largest absolute Gasteiger partial charge is 1.00 e. The van der Waals surface area contributed by atoms with Gasteiger partial charge in [-0.1, -0.05) is 0 Å². The van der Waals surface area contributed by atoms with Gasteiger partial charge in [-0.15, -0.1) is 0 Å². The predicted octanol–water partition coefficient (Wildman–Crippen LogP) is -4.74. The fourth-order valence-corrected chi connectivity index (χ4v) is 2.30. The van der Waals surface area contributed by atoms with Gasteiger partial charge in [0.15, 0.2) is 0 Å². The Kier molecular flexibility index (Phi) is 4.95. The maximum atomic E-state index is 11.2. The molecule has 0 saturated heterocycles. The number of aromatic amines is 1. The second-order valence-electron chi connectivity index (χ2n) is 3.65. The van der Waals surface area contributed by atoms with Crippen LogP contribution in [-0.4, -0.2) is 23.3 Å². The summed E-state index contributed by atoms with van der Waals surface area (Å²) in [6.45, 7) is 0. The van der Waals surface area contributed by atoms with Crippen LogP contribution in [0, 0.1) is 0 Å². The van der Waals surface area contributed by atoms with Gasteiger partial charge in [0.2, 0.25) is 5.56 Å². The first-order valence-corrected chi connectivity index (χ1v) is 6.46. The molecule has 0 atom stereocenters. The van der Waals surface area contributed by atoms with Crippen LogP contribution in [0.3, 0.4) is 0 Å². The van der Waals surface area contributed by atoms with Gasteiger partial charge < -0.3 is 14.9 Å². The number of carbonyl (C=O) groups is 1. The second-order valence-corrected chi connectivity index (χ2v) is 5.07. The maximum absolute atomic E-state index is 11.2. The van der Waals surface area contributed by atoms with Crippen LogP contribution in [0.25, 0.3) is 11.1 Å². The average molecular weight is 305 g/mol. The first kappa shape index (κ1) is 16.7. The number of hydrogen-bond donors (Lipinski definition) is 2. The summed E-state index contributed by atoms with van der Waals surface area (Å²) in [6.07, 6.45) is 2.26. The van der Waals surface area contributed by atoms with Crippen molar-refractivity contribution in [1.82, 2.24) is 8.96 Å². The molecule has 0 bridgehead atoms. The standard InChI is InChI=1S/C10H9N3O5S.Na/c11-19(17,18)13-4-3-7(9(13)10(15)16)6-1-2-8(14)12-5-6;/h1-5H,(H,12,14)(H,15,16)(H2,11,17,18);/q;+1/p-1. The number of nitrogens with one attached hydrogen (secondary N) is 1. The van der Waals surface area contributed by atoms with Crippen molar-refractivity contribution in [2.45, 2.75) is 0 Å². The van der Waals surface area contributed by atoms with Gasteiger partial charge >= 0.3 is 39.8 Å². The van der Waals surface area contributed by atoms with Crippen molar-refractivity contribution in [3.8, 4) is 11.1 Å². The molecule has 0 saturated carbocycles. The van der Waals surface area contributed by atoms with Crippen LogP contribution in [0.15, 0.2) is 35.4 Å². The Morgan fingerprint density at radius 3 is 2.40 bits per heavy atom. The summed E-state index contributed by atoms with van der Waals surface area (Å²) in [5, 5.41) is 16.0. The molecule has 100 valence electrons. The van der Waals surface area contributed by atoms with Gasteiger partial charge in [-0.3, -0.25) is 4.79 Å². The molecule has 3 N–H and O–H groups in total. The second kappa shape index (κ2) is 5.94. The molecular formula is C10H8N3NaO5S. The molecule has 0 aliphatic rings. The fraction of sp³-hybridized carbons (Fsp3) is 0. The SMILES string of the molecule is NS(=O)(=O)n1ccc(-c2ccc(=O)[nH]c2)c1C(=O)[O-].[Na+]. The van der Waals surface area contributed by atoms with Crippen molar-refractivity contribution in [2.24, 2.45) is 5.14 Å². The summed E-state index contributed by atoms with van der Waals surface area (Å²) in [5.74, 6) is -1.69. The van der Waals surface area contributed by atoms with E-state index in [1.165, 1.54) is 24.4 Å². The first-order chi connectivity index (χ1) is 8.80. The summed E-state index contributed by atoms with van der Waals surface area (Å²) in [5.41, 5.74) is -0.578. The van der Waals surface area contributed by atoms with Gasteiger partial charge in [0, 0.05) is 29.6 Å². The topological polar surface area (TPSA) is 138 Å². The van der Waals surface area contributed by atoms with E-state index in [9.17, 15) is 23.1 Å². The predicted molar refractivity (Wildman–Crippen MR) is 63.3 cm³/mol. The number of nitrogens with two attached hydrogens (primary N) is 1. The zero-order valence-electron chi connectivity index (χ0n) is 10.4. The van der Waals surface area contributed by atoms with E-state index in [4.69, 9.17) is 5.14 Å². The number of carboxylic acid groups (broad SMARTS) is 1. The van der Waals surface area contributed by atoms with Gasteiger partial charge in [-0.25, -0.2) is 9.11 Å². The van der Waals surface area contributed by atoms with E-state index in [1.54, 1.807) is 0 Å². The van der Waals surface area contributed by atoms with Gasteiger partial charge in [0.05, 0.1) is 11.7 Å². The number of hydrogen-bond acceptors (Lipinski definition) is 5. The Morgan fingerprint density at radius 2 is 1.95 bits per heavy atom. The van der Waals surface area contributed by atoms with Crippen molar-refractivity contribution in [3.05, 3.63) is 46.6 Å². The number of carboxylic acids is 1. The number of carbonyl (C=O) groups excluding carboxylic acids is 1. The first-order valence-electron chi connectivity index (χ1n) is 4.96. The van der Waals surface area contributed by atoms with E-state index in [0.717, 1.165) is 6.20 Å². The van der Waals surface area contributed by atoms with E-state index in [2.05, 4.69) is 4.98 Å². The van der Waals surface area contributed by atoms with Crippen LogP contribution < -0.4 is 45.4 Å². The van der Waals surface area contributed by atoms with Crippen LogP contribution in [0.5, 0.6) is 0 Å². The van der Waals surface area contributed by atoms with Crippen LogP contribution in [0.2, 0.25) is 0 Å². The molecule has 0 aliphatic heterocycles. The zero-order chi connectivity index (χ0) is 14.2. The van der Waals surface area contributed by atoms with E-state index in [0.29, 0.717) is 9.54 Å². The van der Waals surface area contributed by atoms with Gasteiger partial charge in [0.1, 0.15) is 0 Å². The third-order valence-electron chi connectivity index (χ3n) is 2.41. The van der Waals surface area contributed by atoms with Crippen LogP contribution >= 0.6 is 0 Å². The van der Waals surface area contributed by atoms with Gasteiger partial charge in [-0.2, -0.15) is 8.42 Å². The van der Waals surface area contributed by atoms with E-state index >= 15 is 0 Å². The number of H-pyrrole nitrogens is 1. The summed E-state index contributed by atoms with van der Waals surface area (Å²) in [6, 6.07) is 3.79. The third kappa shape index (κ3) is 3.19. The number of aromatic nitrogens is 2. The zero-order valence-corrected chi connectivity index (χ0v) is 13.2. The van der Waals surface area contributed by atoms with Crippen molar-refractivity contribution in [3.63, 3.8) is 0 Å². The molecular weight excluding hydrogens is 297 g/mol. The number of rotatable bonds is 3. The van der Waals surface area contributed by atoms with Gasteiger partial charge in [0.25, 0.3) is 0 Å². The molecule has 0 spiro atoms. The van der Waals surface area contributed by atoms with Gasteiger partial charge in [-0.05, 0) is 12.1 Å². The fourth-order valence-electron chi connectivity index (χ4n) is 1.64. The van der Waals surface area contributed by atoms with Crippen LogP contribution in [0.4, 0.5) is 0 Å². The Hall–Kier alpha value is -1.39. The molecule has 2 heterocycles. The quantitative estimate of drug-likeness (QED) is 0.548. The molecule has 10 heteroatoms. The Balaban J connectivity index is 0.00000200. The van der Waals surface area contributed by atoms with E-state index in [1.807, 2.05) is 0 Å². The van der Waals surface area contributed by atoms with E-state index < -0.39 is 21.9 Å². The third-order valence-corrected chi connectivity index (χ3v) is 3.27. The average Bonchev–Trinajstić information content (AvgIpc) is 2.74. The molecule has 0 radical (unpaired) electrons. The molecule has 0 aromatic carbocycles. The Bertz CT molecular complexity index is 788. The van der Waals surface area contributed by atoms with Crippen molar-refractivity contribution in [2.75, 3.05) is 0 Å². The summed E-state index contributed by atoms with van der Waals surface area (Å²) in [7, 11) is -4.25. The minimum atomic E-state index is -4.25. The molecule has 20 heavy (non-hydrogen) atoms. The van der Waals surface area contributed by atoms with Crippen LogP contribution in [0.1, 0.15) is 10.5 Å². The summed E-state index contributed by atoms with van der Waals surface area (Å²) < 4.78 is 22.9. The molecule has 0 amide bonds. The summed E-state index contributed by atoms with van der Waals surface area (Å²) >= 11 is 0. The number of aromatic carboxylic acids is 1. The van der Waals surface area contributed by atoms with E-state index in [-0.39, 0.29) is 40.7 Å². The summed E-state index contributed by atoms with van der Waals surface area (Å²) in [4.78, 5) is 24.4. The molecule has 0 unspecified atom stereocenters. The monoisotopic (exact) mass is 305 g/mol. The number of nitrogens with zero attached hydrogens (tertiary/aromatic N) is 1. The smallest absolute Gasteiger partial charge is 0.543 e. The van der Waals surface area contributed by atoms with Crippen molar-refractivity contribution >= 4 is 16.2 Å².